The Labute approximate surface area is 112 Å². The fourth-order valence-corrected chi connectivity index (χ4v) is 5.44. The topological polar surface area (TPSA) is 12.0 Å². The predicted molar refractivity (Wildman–Crippen MR) is 76.1 cm³/mol. The van der Waals surface area contributed by atoms with Gasteiger partial charge in [-0.05, 0) is 75.2 Å². The van der Waals surface area contributed by atoms with Crippen LogP contribution in [0.4, 0.5) is 0 Å². The summed E-state index contributed by atoms with van der Waals surface area (Å²) in [5, 5.41) is 3.74. The summed E-state index contributed by atoms with van der Waals surface area (Å²) >= 11 is 0. The van der Waals surface area contributed by atoms with Gasteiger partial charge in [-0.15, -0.1) is 11.8 Å². The first-order chi connectivity index (χ1) is 8.81. The summed E-state index contributed by atoms with van der Waals surface area (Å²) in [5.74, 6) is 11.6. The molecule has 100 valence electrons. The maximum absolute atomic E-state index is 3.74. The van der Waals surface area contributed by atoms with Crippen LogP contribution in [0.25, 0.3) is 0 Å². The van der Waals surface area contributed by atoms with Crippen LogP contribution in [0.2, 0.25) is 0 Å². The summed E-state index contributed by atoms with van der Waals surface area (Å²) in [6.45, 7) is 5.31. The molecule has 4 fully saturated rings. The van der Waals surface area contributed by atoms with E-state index in [0.29, 0.717) is 6.04 Å². The molecular formula is C17H27N. The molecule has 4 rings (SSSR count). The van der Waals surface area contributed by atoms with Crippen molar-refractivity contribution >= 4 is 0 Å². The van der Waals surface area contributed by atoms with E-state index in [-0.39, 0.29) is 0 Å². The van der Waals surface area contributed by atoms with Gasteiger partial charge in [0.1, 0.15) is 0 Å². The lowest BCUT2D eigenvalue weighted by molar-refractivity contribution is -0.0508. The van der Waals surface area contributed by atoms with Gasteiger partial charge in [-0.2, -0.15) is 0 Å². The molecule has 0 radical (unpaired) electrons. The van der Waals surface area contributed by atoms with Gasteiger partial charge in [0.2, 0.25) is 0 Å². The van der Waals surface area contributed by atoms with E-state index in [2.05, 4.69) is 24.1 Å². The van der Waals surface area contributed by atoms with Crippen LogP contribution in [0.3, 0.4) is 0 Å². The first-order valence-corrected chi connectivity index (χ1v) is 7.94. The van der Waals surface area contributed by atoms with E-state index in [0.717, 1.165) is 42.6 Å². The monoisotopic (exact) mass is 245 g/mol. The first-order valence-electron chi connectivity index (χ1n) is 7.94. The van der Waals surface area contributed by atoms with Crippen molar-refractivity contribution in [1.29, 1.82) is 0 Å². The molecule has 1 unspecified atom stereocenters. The molecule has 0 amide bonds. The molecule has 0 aromatic carbocycles. The van der Waals surface area contributed by atoms with Gasteiger partial charge in [0.15, 0.2) is 0 Å². The Balaban J connectivity index is 1.74. The quantitative estimate of drug-likeness (QED) is 0.748. The van der Waals surface area contributed by atoms with Crippen molar-refractivity contribution in [3.05, 3.63) is 0 Å². The number of hydrogen-bond donors (Lipinski definition) is 1. The van der Waals surface area contributed by atoms with Gasteiger partial charge in [0.25, 0.3) is 0 Å². The first kappa shape index (κ1) is 12.5. The number of hydrogen-bond acceptors (Lipinski definition) is 1. The predicted octanol–water partition coefficient (Wildman–Crippen LogP) is 3.45. The third kappa shape index (κ3) is 2.21. The van der Waals surface area contributed by atoms with Crippen LogP contribution in [-0.2, 0) is 0 Å². The van der Waals surface area contributed by atoms with Gasteiger partial charge >= 0.3 is 0 Å². The number of rotatable bonds is 4. The van der Waals surface area contributed by atoms with Crippen molar-refractivity contribution in [2.75, 3.05) is 6.54 Å². The molecule has 0 spiro atoms. The Hall–Kier alpha value is -0.480. The Kier molecular flexibility index (Phi) is 3.66. The Morgan fingerprint density at radius 1 is 1.06 bits per heavy atom. The van der Waals surface area contributed by atoms with E-state index in [9.17, 15) is 0 Å². The maximum Gasteiger partial charge on any atom is 0.0246 e. The summed E-state index contributed by atoms with van der Waals surface area (Å²) in [6, 6.07) is 0.664. The third-order valence-corrected chi connectivity index (χ3v) is 5.73. The van der Waals surface area contributed by atoms with E-state index in [1.807, 2.05) is 6.92 Å². The average molecular weight is 245 g/mol. The molecule has 0 aliphatic heterocycles. The minimum Gasteiger partial charge on any atom is -0.313 e. The smallest absolute Gasteiger partial charge is 0.0246 e. The molecule has 1 nitrogen and oxygen atoms in total. The summed E-state index contributed by atoms with van der Waals surface area (Å²) in [6.07, 6.45) is 8.73. The van der Waals surface area contributed by atoms with Crippen LogP contribution < -0.4 is 5.32 Å². The van der Waals surface area contributed by atoms with Crippen LogP contribution in [0.1, 0.15) is 52.4 Å². The number of nitrogens with one attached hydrogen (secondary N) is 1. The Morgan fingerprint density at radius 2 is 1.67 bits per heavy atom. The lowest BCUT2D eigenvalue weighted by Crippen LogP contribution is -2.52. The largest absolute Gasteiger partial charge is 0.313 e. The van der Waals surface area contributed by atoms with E-state index in [1.165, 1.54) is 25.7 Å². The van der Waals surface area contributed by atoms with E-state index >= 15 is 0 Å². The normalized spacial score (nSPS) is 42.4. The van der Waals surface area contributed by atoms with E-state index < -0.39 is 0 Å². The summed E-state index contributed by atoms with van der Waals surface area (Å²) < 4.78 is 0. The molecule has 1 atom stereocenters. The third-order valence-electron chi connectivity index (χ3n) is 5.73. The van der Waals surface area contributed by atoms with Crippen molar-refractivity contribution in [2.45, 2.75) is 58.4 Å². The minimum absolute atomic E-state index is 0.664. The molecule has 18 heavy (non-hydrogen) atoms. The van der Waals surface area contributed by atoms with Crippen molar-refractivity contribution in [3.8, 4) is 11.8 Å². The Morgan fingerprint density at radius 3 is 2.17 bits per heavy atom. The van der Waals surface area contributed by atoms with Crippen LogP contribution >= 0.6 is 0 Å². The van der Waals surface area contributed by atoms with Crippen molar-refractivity contribution in [1.82, 2.24) is 5.32 Å². The second kappa shape index (κ2) is 5.25. The lowest BCUT2D eigenvalue weighted by atomic mass is 9.50. The second-order valence-electron chi connectivity index (χ2n) is 6.80. The zero-order valence-electron chi connectivity index (χ0n) is 11.9. The van der Waals surface area contributed by atoms with Crippen molar-refractivity contribution in [2.24, 2.45) is 29.6 Å². The van der Waals surface area contributed by atoms with Crippen molar-refractivity contribution in [3.63, 3.8) is 0 Å². The van der Waals surface area contributed by atoms with Gasteiger partial charge in [0, 0.05) is 12.5 Å². The van der Waals surface area contributed by atoms with Crippen LogP contribution in [0.5, 0.6) is 0 Å². The molecular weight excluding hydrogens is 218 g/mol. The molecule has 1 N–H and O–H groups in total. The zero-order valence-corrected chi connectivity index (χ0v) is 11.9. The lowest BCUT2D eigenvalue weighted by Gasteiger charge is -2.56. The standard InChI is InChI=1S/C17H27N/c1-3-5-6-16(18-4-2)17-14-8-12-7-13(10-14)11-15(17)9-12/h12-18H,4,6-11H2,1-2H3. The zero-order chi connectivity index (χ0) is 12.5. The van der Waals surface area contributed by atoms with Gasteiger partial charge in [0.05, 0.1) is 0 Å². The summed E-state index contributed by atoms with van der Waals surface area (Å²) in [7, 11) is 0. The highest BCUT2D eigenvalue weighted by Gasteiger charge is 2.50. The highest BCUT2D eigenvalue weighted by molar-refractivity contribution is 5.06. The highest BCUT2D eigenvalue weighted by atomic mass is 14.9. The van der Waals surface area contributed by atoms with Crippen LogP contribution in [0.15, 0.2) is 0 Å². The van der Waals surface area contributed by atoms with Crippen LogP contribution in [0, 0.1) is 41.4 Å². The summed E-state index contributed by atoms with van der Waals surface area (Å²) in [5.41, 5.74) is 0. The molecule has 0 aromatic rings. The highest BCUT2D eigenvalue weighted by Crippen LogP contribution is 2.57. The SMILES string of the molecule is CC#CCC(NCC)C1C2CC3CC(C2)CC1C3. The Bertz CT molecular complexity index is 320. The fourth-order valence-electron chi connectivity index (χ4n) is 5.44. The molecule has 1 heteroatoms. The molecule has 4 aliphatic carbocycles. The molecule has 0 aromatic heterocycles. The van der Waals surface area contributed by atoms with Gasteiger partial charge in [-0.1, -0.05) is 6.92 Å². The molecule has 0 saturated heterocycles. The summed E-state index contributed by atoms with van der Waals surface area (Å²) in [4.78, 5) is 0. The molecule has 4 aliphatic rings. The maximum atomic E-state index is 3.74. The fraction of sp³-hybridized carbons (Fsp3) is 0.882. The average Bonchev–Trinajstić information content (AvgIpc) is 2.34. The molecule has 0 heterocycles. The van der Waals surface area contributed by atoms with E-state index in [1.54, 1.807) is 6.42 Å². The molecule has 4 bridgehead atoms. The van der Waals surface area contributed by atoms with Gasteiger partial charge in [-0.3, -0.25) is 0 Å². The van der Waals surface area contributed by atoms with Gasteiger partial charge < -0.3 is 5.32 Å². The molecule has 4 saturated carbocycles. The van der Waals surface area contributed by atoms with E-state index in [4.69, 9.17) is 0 Å². The second-order valence-corrected chi connectivity index (χ2v) is 6.80. The van der Waals surface area contributed by atoms with Crippen LogP contribution in [-0.4, -0.2) is 12.6 Å². The minimum atomic E-state index is 0.664. The van der Waals surface area contributed by atoms with Gasteiger partial charge in [-0.25, -0.2) is 0 Å². The van der Waals surface area contributed by atoms with Crippen molar-refractivity contribution < 1.29 is 0 Å².